The maximum atomic E-state index is 13.1. The number of benzene rings is 2. The molecule has 1 fully saturated rings. The Hall–Kier alpha value is -2.70. The number of carbonyl (C=O) groups excluding carboxylic acids is 2. The maximum Gasteiger partial charge on any atom is 0.266 e. The van der Waals surface area contributed by atoms with Gasteiger partial charge in [0.25, 0.3) is 5.91 Å². The smallest absolute Gasteiger partial charge is 0.266 e. The van der Waals surface area contributed by atoms with Crippen LogP contribution in [0.4, 0.5) is 0 Å². The molecule has 172 valence electrons. The average molecular weight is 479 g/mol. The molecule has 0 aromatic heterocycles. The summed E-state index contributed by atoms with van der Waals surface area (Å²) in [5, 5.41) is 0. The zero-order chi connectivity index (χ0) is 24.0. The van der Waals surface area contributed by atoms with E-state index in [0.29, 0.717) is 15.8 Å². The lowest BCUT2D eigenvalue weighted by atomic mass is 10.0. The first-order chi connectivity index (χ1) is 15.6. The number of allylic oxidation sites excluding steroid dienone is 2. The highest BCUT2D eigenvalue weighted by Gasteiger charge is 2.33. The highest BCUT2D eigenvalue weighted by atomic mass is 32.2. The molecule has 1 aliphatic heterocycles. The number of carbonyl (C=O) groups is 2. The van der Waals surface area contributed by atoms with Crippen LogP contribution in [0.3, 0.4) is 0 Å². The molecule has 0 bridgehead atoms. The summed E-state index contributed by atoms with van der Waals surface area (Å²) in [6.07, 6.45) is 4.12. The topological polar surface area (TPSA) is 40.6 Å². The number of amides is 2. The van der Waals surface area contributed by atoms with E-state index in [2.05, 4.69) is 0 Å². The Balaban J connectivity index is 1.66. The number of thiocarbonyl (C=S) groups is 1. The van der Waals surface area contributed by atoms with Gasteiger partial charge in [0.05, 0.1) is 4.91 Å². The summed E-state index contributed by atoms with van der Waals surface area (Å²) in [6, 6.07) is 19.9. The molecular weight excluding hydrogens is 448 g/mol. The minimum Gasteiger partial charge on any atom is -0.333 e. The lowest BCUT2D eigenvalue weighted by Gasteiger charge is -2.36. The van der Waals surface area contributed by atoms with Gasteiger partial charge in [-0.25, -0.2) is 0 Å². The minimum absolute atomic E-state index is 0.00420. The molecule has 0 atom stereocenters. The molecule has 4 nitrogen and oxygen atoms in total. The monoisotopic (exact) mass is 478 g/mol. The third-order valence-corrected chi connectivity index (χ3v) is 6.65. The fraction of sp³-hybridized carbons (Fsp3) is 0.296. The van der Waals surface area contributed by atoms with Crippen LogP contribution in [-0.2, 0) is 16.1 Å². The van der Waals surface area contributed by atoms with E-state index in [9.17, 15) is 9.59 Å². The van der Waals surface area contributed by atoms with Crippen LogP contribution in [-0.4, -0.2) is 38.0 Å². The molecule has 0 spiro atoms. The van der Waals surface area contributed by atoms with Crippen molar-refractivity contribution in [1.82, 2.24) is 9.80 Å². The Bertz CT molecular complexity index is 1070. The molecule has 2 aromatic rings. The predicted molar refractivity (Wildman–Crippen MR) is 141 cm³/mol. The summed E-state index contributed by atoms with van der Waals surface area (Å²) >= 11 is 6.75. The van der Waals surface area contributed by atoms with Gasteiger partial charge >= 0.3 is 0 Å². The Morgan fingerprint density at radius 1 is 1.06 bits per heavy atom. The number of thioether (sulfide) groups is 1. The van der Waals surface area contributed by atoms with Gasteiger partial charge in [0.2, 0.25) is 5.91 Å². The van der Waals surface area contributed by atoms with E-state index in [-0.39, 0.29) is 30.3 Å². The zero-order valence-electron chi connectivity index (χ0n) is 19.6. The lowest BCUT2D eigenvalue weighted by molar-refractivity contribution is -0.137. The number of hydrogen-bond donors (Lipinski definition) is 0. The molecule has 1 saturated heterocycles. The van der Waals surface area contributed by atoms with Crippen LogP contribution in [0.15, 0.2) is 77.2 Å². The molecule has 0 radical (unpaired) electrons. The fourth-order valence-electron chi connectivity index (χ4n) is 3.56. The highest BCUT2D eigenvalue weighted by molar-refractivity contribution is 8.26. The molecule has 0 N–H and O–H groups in total. The fourth-order valence-corrected chi connectivity index (χ4v) is 4.92. The quantitative estimate of drug-likeness (QED) is 0.359. The van der Waals surface area contributed by atoms with Crippen LogP contribution < -0.4 is 0 Å². The average Bonchev–Trinajstić information content (AvgIpc) is 3.03. The molecule has 2 amide bonds. The van der Waals surface area contributed by atoms with Gasteiger partial charge in [0.15, 0.2) is 0 Å². The van der Waals surface area contributed by atoms with Crippen LogP contribution in [0.5, 0.6) is 0 Å². The summed E-state index contributed by atoms with van der Waals surface area (Å²) < 4.78 is 0.497. The molecule has 0 aliphatic carbocycles. The van der Waals surface area contributed by atoms with Crippen molar-refractivity contribution >= 4 is 46.2 Å². The Kier molecular flexibility index (Phi) is 8.27. The molecule has 3 rings (SSSR count). The van der Waals surface area contributed by atoms with E-state index >= 15 is 0 Å². The summed E-state index contributed by atoms with van der Waals surface area (Å²) in [7, 11) is 0. The van der Waals surface area contributed by atoms with Gasteiger partial charge in [-0.3, -0.25) is 14.5 Å². The van der Waals surface area contributed by atoms with Gasteiger partial charge in [-0.15, -0.1) is 0 Å². The lowest BCUT2D eigenvalue weighted by Crippen LogP contribution is -2.46. The molecule has 2 aromatic carbocycles. The van der Waals surface area contributed by atoms with Gasteiger partial charge in [-0.2, -0.15) is 0 Å². The summed E-state index contributed by atoms with van der Waals surface area (Å²) in [4.78, 5) is 30.1. The van der Waals surface area contributed by atoms with Gasteiger partial charge in [0.1, 0.15) is 4.32 Å². The van der Waals surface area contributed by atoms with E-state index in [1.54, 1.807) is 4.90 Å². The molecule has 1 heterocycles. The van der Waals surface area contributed by atoms with Crippen molar-refractivity contribution in [1.29, 1.82) is 0 Å². The summed E-state index contributed by atoms with van der Waals surface area (Å²) in [6.45, 7) is 8.86. The minimum atomic E-state index is -0.332. The van der Waals surface area contributed by atoms with Crippen molar-refractivity contribution < 1.29 is 9.59 Å². The second-order valence-electron chi connectivity index (χ2n) is 9.02. The molecular formula is C27H30N2O2S2. The third-order valence-electron chi connectivity index (χ3n) is 5.27. The first-order valence-electron chi connectivity index (χ1n) is 11.0. The predicted octanol–water partition coefficient (Wildman–Crippen LogP) is 6.05. The van der Waals surface area contributed by atoms with Gasteiger partial charge in [-0.1, -0.05) is 90.7 Å². The first-order valence-corrected chi connectivity index (χ1v) is 12.2. The van der Waals surface area contributed by atoms with Crippen molar-refractivity contribution in [3.63, 3.8) is 0 Å². The standard InChI is InChI=1S/C27H30N2O2S2/c1-20(17-21-11-7-5-8-12-21)18-23-25(31)28(26(32)33-23)16-15-24(30)29(27(2,3)4)19-22-13-9-6-10-14-22/h5-14,17-18H,15-16,19H2,1-4H3/b20-17+,23-18-. The van der Waals surface area contributed by atoms with Crippen molar-refractivity contribution in [2.45, 2.75) is 46.2 Å². The Morgan fingerprint density at radius 3 is 2.27 bits per heavy atom. The van der Waals surface area contributed by atoms with Crippen LogP contribution in [0.25, 0.3) is 6.08 Å². The van der Waals surface area contributed by atoms with Crippen LogP contribution >= 0.6 is 24.0 Å². The van der Waals surface area contributed by atoms with Crippen molar-refractivity contribution in [3.8, 4) is 0 Å². The van der Waals surface area contributed by atoms with Gasteiger partial charge in [0, 0.05) is 25.0 Å². The second kappa shape index (κ2) is 10.9. The van der Waals surface area contributed by atoms with E-state index in [1.165, 1.54) is 11.8 Å². The SMILES string of the molecule is CC(/C=C1\SC(=S)N(CCC(=O)N(Cc2ccccc2)C(C)(C)C)C1=O)=C\c1ccccc1. The third kappa shape index (κ3) is 6.89. The van der Waals surface area contributed by atoms with Crippen molar-refractivity contribution in [3.05, 3.63) is 88.3 Å². The molecule has 0 unspecified atom stereocenters. The summed E-state index contributed by atoms with van der Waals surface area (Å²) in [5.41, 5.74) is 2.80. The molecule has 33 heavy (non-hydrogen) atoms. The first kappa shape index (κ1) is 24.9. The Morgan fingerprint density at radius 2 is 1.67 bits per heavy atom. The van der Waals surface area contributed by atoms with Crippen molar-refractivity contribution in [2.24, 2.45) is 0 Å². The van der Waals surface area contributed by atoms with Gasteiger partial charge < -0.3 is 4.90 Å². The van der Waals surface area contributed by atoms with Crippen LogP contribution in [0, 0.1) is 0 Å². The highest BCUT2D eigenvalue weighted by Crippen LogP contribution is 2.32. The largest absolute Gasteiger partial charge is 0.333 e. The normalized spacial score (nSPS) is 15.9. The Labute approximate surface area is 206 Å². The number of rotatable bonds is 7. The molecule has 0 saturated carbocycles. The van der Waals surface area contributed by atoms with E-state index in [4.69, 9.17) is 12.2 Å². The van der Waals surface area contributed by atoms with Crippen LogP contribution in [0.1, 0.15) is 45.2 Å². The zero-order valence-corrected chi connectivity index (χ0v) is 21.2. The van der Waals surface area contributed by atoms with E-state index in [1.807, 2.05) is 105 Å². The van der Waals surface area contributed by atoms with E-state index in [0.717, 1.165) is 16.7 Å². The maximum absolute atomic E-state index is 13.1. The summed E-state index contributed by atoms with van der Waals surface area (Å²) in [5.74, 6) is -0.131. The van der Waals surface area contributed by atoms with Gasteiger partial charge in [-0.05, 0) is 50.5 Å². The number of nitrogens with zero attached hydrogens (tertiary/aromatic N) is 2. The van der Waals surface area contributed by atoms with Crippen LogP contribution in [0.2, 0.25) is 0 Å². The van der Waals surface area contributed by atoms with Crippen molar-refractivity contribution in [2.75, 3.05) is 6.54 Å². The molecule has 6 heteroatoms. The number of hydrogen-bond acceptors (Lipinski definition) is 4. The van der Waals surface area contributed by atoms with E-state index < -0.39 is 0 Å². The molecule has 1 aliphatic rings. The second-order valence-corrected chi connectivity index (χ2v) is 10.7.